The summed E-state index contributed by atoms with van der Waals surface area (Å²) in [6.07, 6.45) is 0.894. The molecule has 0 aliphatic carbocycles. The fraction of sp³-hybridized carbons (Fsp3) is 0.176. The van der Waals surface area contributed by atoms with Crippen LogP contribution in [0, 0.1) is 10.1 Å². The van der Waals surface area contributed by atoms with Crippen molar-refractivity contribution in [3.8, 4) is 0 Å². The summed E-state index contributed by atoms with van der Waals surface area (Å²) in [4.78, 5) is 34.0. The first-order valence-electron chi connectivity index (χ1n) is 7.40. The van der Waals surface area contributed by atoms with E-state index in [0.717, 1.165) is 18.1 Å². The minimum atomic E-state index is -0.813. The Morgan fingerprint density at radius 2 is 1.88 bits per heavy atom. The van der Waals surface area contributed by atoms with Gasteiger partial charge in [-0.1, -0.05) is 19.1 Å². The number of nitro benzene ring substituents is 1. The molecule has 25 heavy (non-hydrogen) atoms. The van der Waals surface area contributed by atoms with Crippen molar-refractivity contribution in [1.29, 1.82) is 0 Å². The number of anilines is 1. The summed E-state index contributed by atoms with van der Waals surface area (Å²) in [6.45, 7) is 1.54. The Morgan fingerprint density at radius 1 is 1.20 bits per heavy atom. The number of nitro groups is 1. The summed E-state index contributed by atoms with van der Waals surface area (Å²) in [7, 11) is 0. The van der Waals surface area contributed by atoms with Gasteiger partial charge in [-0.3, -0.25) is 14.9 Å². The van der Waals surface area contributed by atoms with Crippen molar-refractivity contribution in [3.63, 3.8) is 0 Å². The molecule has 0 saturated heterocycles. The first-order chi connectivity index (χ1) is 11.9. The van der Waals surface area contributed by atoms with Gasteiger partial charge >= 0.3 is 5.97 Å². The number of aryl methyl sites for hydroxylation is 1. The van der Waals surface area contributed by atoms with E-state index in [1.165, 1.54) is 12.1 Å². The minimum absolute atomic E-state index is 0.00463. The highest BCUT2D eigenvalue weighted by Crippen LogP contribution is 2.25. The van der Waals surface area contributed by atoms with E-state index in [4.69, 9.17) is 4.74 Å². The average molecular weight is 407 g/mol. The molecule has 0 unspecified atom stereocenters. The second-order valence-electron chi connectivity index (χ2n) is 5.10. The topological polar surface area (TPSA) is 98.5 Å². The molecule has 130 valence electrons. The number of halogens is 1. The van der Waals surface area contributed by atoms with Crippen molar-refractivity contribution in [2.75, 3.05) is 11.9 Å². The number of carbonyl (C=O) groups is 2. The SMILES string of the molecule is CCc1ccc(NC(=O)COC(=O)c2ccc(Br)c([N+](=O)[O-])c2)cc1. The first kappa shape index (κ1) is 18.6. The van der Waals surface area contributed by atoms with Crippen LogP contribution in [-0.4, -0.2) is 23.4 Å². The van der Waals surface area contributed by atoms with Gasteiger partial charge in [-0.2, -0.15) is 0 Å². The van der Waals surface area contributed by atoms with Gasteiger partial charge in [-0.15, -0.1) is 0 Å². The molecule has 0 radical (unpaired) electrons. The third kappa shape index (κ3) is 5.12. The molecule has 7 nitrogen and oxygen atoms in total. The highest BCUT2D eigenvalue weighted by Gasteiger charge is 2.17. The maximum Gasteiger partial charge on any atom is 0.338 e. The number of hydrogen-bond acceptors (Lipinski definition) is 5. The van der Waals surface area contributed by atoms with E-state index < -0.39 is 23.4 Å². The monoisotopic (exact) mass is 406 g/mol. The van der Waals surface area contributed by atoms with Crippen LogP contribution in [0.4, 0.5) is 11.4 Å². The second-order valence-corrected chi connectivity index (χ2v) is 5.95. The number of ether oxygens (including phenoxy) is 1. The molecule has 0 saturated carbocycles. The molecular formula is C17H15BrN2O5. The normalized spacial score (nSPS) is 10.2. The number of amides is 1. The fourth-order valence-corrected chi connectivity index (χ4v) is 2.41. The summed E-state index contributed by atoms with van der Waals surface area (Å²) >= 11 is 3.03. The third-order valence-corrected chi connectivity index (χ3v) is 4.03. The van der Waals surface area contributed by atoms with Crippen LogP contribution in [0.1, 0.15) is 22.8 Å². The van der Waals surface area contributed by atoms with Crippen molar-refractivity contribution in [1.82, 2.24) is 0 Å². The van der Waals surface area contributed by atoms with E-state index in [-0.39, 0.29) is 15.7 Å². The maximum atomic E-state index is 11.9. The second kappa shape index (κ2) is 8.39. The zero-order chi connectivity index (χ0) is 18.4. The molecule has 1 N–H and O–H groups in total. The molecule has 0 aromatic heterocycles. The molecule has 0 aliphatic rings. The van der Waals surface area contributed by atoms with E-state index in [2.05, 4.69) is 21.2 Å². The number of hydrogen-bond donors (Lipinski definition) is 1. The van der Waals surface area contributed by atoms with Crippen molar-refractivity contribution >= 4 is 39.2 Å². The van der Waals surface area contributed by atoms with Gasteiger partial charge in [0.05, 0.1) is 15.0 Å². The lowest BCUT2D eigenvalue weighted by atomic mass is 10.1. The fourth-order valence-electron chi connectivity index (χ4n) is 2.01. The molecular weight excluding hydrogens is 392 g/mol. The Hall–Kier alpha value is -2.74. The van der Waals surface area contributed by atoms with Crippen LogP contribution in [0.5, 0.6) is 0 Å². The van der Waals surface area contributed by atoms with Gasteiger partial charge < -0.3 is 10.1 Å². The lowest BCUT2D eigenvalue weighted by molar-refractivity contribution is -0.385. The van der Waals surface area contributed by atoms with Crippen molar-refractivity contribution in [3.05, 3.63) is 68.2 Å². The van der Waals surface area contributed by atoms with Gasteiger partial charge in [-0.05, 0) is 52.2 Å². The van der Waals surface area contributed by atoms with Crippen LogP contribution < -0.4 is 5.32 Å². The molecule has 2 rings (SSSR count). The number of esters is 1. The third-order valence-electron chi connectivity index (χ3n) is 3.36. The molecule has 0 bridgehead atoms. The lowest BCUT2D eigenvalue weighted by Crippen LogP contribution is -2.21. The molecule has 1 amide bonds. The zero-order valence-corrected chi connectivity index (χ0v) is 14.9. The van der Waals surface area contributed by atoms with Crippen LogP contribution in [0.2, 0.25) is 0 Å². The predicted molar refractivity (Wildman–Crippen MR) is 95.5 cm³/mol. The highest BCUT2D eigenvalue weighted by atomic mass is 79.9. The number of nitrogens with one attached hydrogen (secondary N) is 1. The summed E-state index contributed by atoms with van der Waals surface area (Å²) in [6, 6.07) is 11.1. The Kier molecular flexibility index (Phi) is 6.24. The Bertz CT molecular complexity index is 805. The van der Waals surface area contributed by atoms with Gasteiger partial charge in [0.2, 0.25) is 0 Å². The van der Waals surface area contributed by atoms with E-state index in [1.54, 1.807) is 12.1 Å². The van der Waals surface area contributed by atoms with Gasteiger partial charge in [0.1, 0.15) is 0 Å². The zero-order valence-electron chi connectivity index (χ0n) is 13.3. The molecule has 0 spiro atoms. The number of carbonyl (C=O) groups excluding carboxylic acids is 2. The highest BCUT2D eigenvalue weighted by molar-refractivity contribution is 9.10. The molecule has 0 heterocycles. The van der Waals surface area contributed by atoms with Crippen LogP contribution in [-0.2, 0) is 16.0 Å². The van der Waals surface area contributed by atoms with Gasteiger partial charge in [0.25, 0.3) is 11.6 Å². The Balaban J connectivity index is 1.93. The Morgan fingerprint density at radius 3 is 2.48 bits per heavy atom. The van der Waals surface area contributed by atoms with E-state index in [1.807, 2.05) is 19.1 Å². The van der Waals surface area contributed by atoms with Gasteiger partial charge in [0, 0.05) is 11.8 Å². The van der Waals surface area contributed by atoms with Gasteiger partial charge in [-0.25, -0.2) is 4.79 Å². The van der Waals surface area contributed by atoms with Crippen LogP contribution in [0.3, 0.4) is 0 Å². The summed E-state index contributed by atoms with van der Waals surface area (Å²) in [5.74, 6) is -1.31. The van der Waals surface area contributed by atoms with Crippen LogP contribution in [0.15, 0.2) is 46.9 Å². The minimum Gasteiger partial charge on any atom is -0.452 e. The summed E-state index contributed by atoms with van der Waals surface area (Å²) < 4.78 is 5.14. The van der Waals surface area contributed by atoms with Crippen molar-refractivity contribution < 1.29 is 19.2 Å². The summed E-state index contributed by atoms with van der Waals surface area (Å²) in [5, 5.41) is 13.5. The molecule has 8 heteroatoms. The van der Waals surface area contributed by atoms with Crippen LogP contribution >= 0.6 is 15.9 Å². The molecule has 2 aromatic carbocycles. The van der Waals surface area contributed by atoms with Crippen molar-refractivity contribution in [2.24, 2.45) is 0 Å². The number of benzene rings is 2. The molecule has 2 aromatic rings. The number of rotatable bonds is 6. The van der Waals surface area contributed by atoms with Gasteiger partial charge in [0.15, 0.2) is 6.61 Å². The molecule has 0 atom stereocenters. The quantitative estimate of drug-likeness (QED) is 0.447. The predicted octanol–water partition coefficient (Wildman–Crippen LogP) is 3.72. The standard InChI is InChI=1S/C17H15BrN2O5/c1-2-11-3-6-13(7-4-11)19-16(21)10-25-17(22)12-5-8-14(18)15(9-12)20(23)24/h3-9H,2,10H2,1H3,(H,19,21). The largest absolute Gasteiger partial charge is 0.452 e. The van der Waals surface area contributed by atoms with E-state index in [0.29, 0.717) is 5.69 Å². The van der Waals surface area contributed by atoms with E-state index >= 15 is 0 Å². The van der Waals surface area contributed by atoms with Crippen molar-refractivity contribution in [2.45, 2.75) is 13.3 Å². The van der Waals surface area contributed by atoms with E-state index in [9.17, 15) is 19.7 Å². The number of nitrogens with zero attached hydrogens (tertiary/aromatic N) is 1. The maximum absolute atomic E-state index is 11.9. The average Bonchev–Trinajstić information content (AvgIpc) is 2.60. The first-order valence-corrected chi connectivity index (χ1v) is 8.20. The Labute approximate surface area is 152 Å². The molecule has 0 fully saturated rings. The smallest absolute Gasteiger partial charge is 0.338 e. The molecule has 0 aliphatic heterocycles. The lowest BCUT2D eigenvalue weighted by Gasteiger charge is -2.07. The summed E-state index contributed by atoms with van der Waals surface area (Å²) in [5.41, 5.74) is 1.48. The van der Waals surface area contributed by atoms with Crippen LogP contribution in [0.25, 0.3) is 0 Å².